The van der Waals surface area contributed by atoms with Crippen molar-refractivity contribution in [3.8, 4) is 17.4 Å². The molecule has 0 bridgehead atoms. The van der Waals surface area contributed by atoms with Crippen molar-refractivity contribution in [3.63, 3.8) is 0 Å². The molecule has 4 N–H and O–H groups in total. The lowest BCUT2D eigenvalue weighted by Gasteiger charge is -2.18. The first-order chi connectivity index (χ1) is 43.5. The van der Waals surface area contributed by atoms with Crippen LogP contribution in [0.25, 0.3) is 11.4 Å². The summed E-state index contributed by atoms with van der Waals surface area (Å²) < 4.78 is 144. The van der Waals surface area contributed by atoms with Crippen LogP contribution in [0.15, 0.2) is 138 Å². The number of halogens is 6. The Hall–Kier alpha value is -8.21. The summed E-state index contributed by atoms with van der Waals surface area (Å²) in [5.74, 6) is -2.43. The second kappa shape index (κ2) is 35.4. The summed E-state index contributed by atoms with van der Waals surface area (Å²) in [7, 11) is -3.93. The summed E-state index contributed by atoms with van der Waals surface area (Å²) in [6.07, 6.45) is -9.56. The molecule has 0 radical (unpaired) electrons. The summed E-state index contributed by atoms with van der Waals surface area (Å²) in [6.45, 7) is 6.72. The largest absolute Gasteiger partial charge is 0.416 e. The van der Waals surface area contributed by atoms with E-state index in [1.807, 2.05) is 13.0 Å². The van der Waals surface area contributed by atoms with Crippen LogP contribution in [0.1, 0.15) is 67.2 Å². The molecule has 4 amide bonds. The molecule has 6 aromatic rings. The van der Waals surface area contributed by atoms with Gasteiger partial charge in [0.1, 0.15) is 11.1 Å². The van der Waals surface area contributed by atoms with Crippen LogP contribution in [-0.2, 0) is 72.0 Å². The number of nitrogens with one attached hydrogen (secondary N) is 4. The van der Waals surface area contributed by atoms with Crippen molar-refractivity contribution in [2.24, 2.45) is 0 Å². The van der Waals surface area contributed by atoms with Crippen LogP contribution in [-0.4, -0.2) is 147 Å². The molecule has 2 heterocycles. The van der Waals surface area contributed by atoms with Gasteiger partial charge >= 0.3 is 12.4 Å². The van der Waals surface area contributed by atoms with Crippen molar-refractivity contribution in [1.29, 1.82) is 5.26 Å². The number of amides is 4. The Labute approximate surface area is 524 Å². The number of nitriles is 1. The van der Waals surface area contributed by atoms with E-state index < -0.39 is 79.1 Å². The number of aromatic nitrogens is 2. The lowest BCUT2D eigenvalue weighted by molar-refractivity contribution is -0.138. The number of hydrogen-bond donors (Lipinski definition) is 4. The van der Waals surface area contributed by atoms with Crippen LogP contribution in [0.4, 0.5) is 26.3 Å². The summed E-state index contributed by atoms with van der Waals surface area (Å²) >= 11 is 0. The molecule has 29 heteroatoms. The van der Waals surface area contributed by atoms with Gasteiger partial charge in [0.05, 0.1) is 133 Å². The molecule has 0 spiro atoms. The predicted molar refractivity (Wildman–Crippen MR) is 320 cm³/mol. The van der Waals surface area contributed by atoms with Crippen LogP contribution >= 0.6 is 0 Å². The van der Waals surface area contributed by atoms with Crippen LogP contribution in [0.5, 0.6) is 0 Å². The Morgan fingerprint density at radius 3 is 1.14 bits per heavy atom. The van der Waals surface area contributed by atoms with Crippen molar-refractivity contribution in [3.05, 3.63) is 175 Å². The lowest BCUT2D eigenvalue weighted by atomic mass is 10.1. The van der Waals surface area contributed by atoms with Crippen molar-refractivity contribution < 1.29 is 82.4 Å². The minimum absolute atomic E-state index is 0.00435. The van der Waals surface area contributed by atoms with Gasteiger partial charge in [-0.1, -0.05) is 29.8 Å². The number of alkyl halides is 6. The van der Waals surface area contributed by atoms with Gasteiger partial charge in [-0.15, -0.1) is 0 Å². The van der Waals surface area contributed by atoms with Gasteiger partial charge in [0.25, 0.3) is 22.9 Å². The van der Waals surface area contributed by atoms with E-state index in [-0.39, 0.29) is 168 Å². The molecule has 91 heavy (non-hydrogen) atoms. The van der Waals surface area contributed by atoms with E-state index in [4.69, 9.17) is 28.4 Å². The maximum Gasteiger partial charge on any atom is 0.416 e. The molecule has 0 aliphatic rings. The second-order valence-electron chi connectivity index (χ2n) is 19.8. The van der Waals surface area contributed by atoms with Crippen molar-refractivity contribution in [1.82, 2.24) is 30.4 Å². The van der Waals surface area contributed by atoms with Crippen LogP contribution in [0.2, 0.25) is 0 Å². The number of rotatable bonds is 35. The molecule has 0 saturated heterocycles. The number of pyridine rings is 2. The van der Waals surface area contributed by atoms with Crippen LogP contribution in [0.3, 0.4) is 0 Å². The maximum atomic E-state index is 13.8. The molecule has 0 aliphatic carbocycles. The number of aryl methyl sites for hydroxylation is 1. The van der Waals surface area contributed by atoms with Crippen molar-refractivity contribution in [2.75, 3.05) is 105 Å². The summed E-state index contributed by atoms with van der Waals surface area (Å²) in [5, 5.41) is 19.6. The normalized spacial score (nSPS) is 12.2. The molecule has 4 aromatic carbocycles. The van der Waals surface area contributed by atoms with Gasteiger partial charge in [-0.2, -0.15) is 31.6 Å². The summed E-state index contributed by atoms with van der Waals surface area (Å²) in [6, 6.07) is 24.7. The first-order valence-electron chi connectivity index (χ1n) is 28.3. The zero-order chi connectivity index (χ0) is 66.1. The van der Waals surface area contributed by atoms with Gasteiger partial charge in [-0.25, -0.2) is 8.42 Å². The third kappa shape index (κ3) is 21.7. The number of ether oxygens (including phenoxy) is 6. The average Bonchev–Trinajstić information content (AvgIpc) is 0.835. The number of benzene rings is 4. The third-order valence-electron chi connectivity index (χ3n) is 13.3. The van der Waals surface area contributed by atoms with Gasteiger partial charge < -0.3 is 49.7 Å². The smallest absolute Gasteiger partial charge is 0.377 e. The van der Waals surface area contributed by atoms with E-state index in [2.05, 4.69) is 21.3 Å². The molecule has 2 unspecified atom stereocenters. The highest BCUT2D eigenvalue weighted by Gasteiger charge is 2.33. The Kier molecular flexibility index (Phi) is 28.0. The minimum atomic E-state index is -4.74. The van der Waals surface area contributed by atoms with Crippen LogP contribution in [0, 0.1) is 32.1 Å². The molecule has 2 atom stereocenters. The quantitative estimate of drug-likeness (QED) is 0.0247. The summed E-state index contributed by atoms with van der Waals surface area (Å²) in [5.41, 5.74) is -3.83. The first-order valence-corrected chi connectivity index (χ1v) is 30.6. The van der Waals surface area contributed by atoms with E-state index in [0.29, 0.717) is 10.5 Å². The number of carbonyl (C=O) groups is 4. The van der Waals surface area contributed by atoms with E-state index in [9.17, 15) is 68.8 Å². The highest BCUT2D eigenvalue weighted by Crippen LogP contribution is 2.33. The molecular weight excluding hydrogens is 1240 g/mol. The molecule has 488 valence electrons. The topological polar surface area (TPSA) is 274 Å². The zero-order valence-electron chi connectivity index (χ0n) is 49.8. The Bertz CT molecular complexity index is 3690. The zero-order valence-corrected chi connectivity index (χ0v) is 51.4. The molecule has 21 nitrogen and oxygen atoms in total. The van der Waals surface area contributed by atoms with Gasteiger partial charge in [-0.3, -0.25) is 37.9 Å². The first kappa shape index (κ1) is 71.9. The van der Waals surface area contributed by atoms with Gasteiger partial charge in [0, 0.05) is 71.6 Å². The SMILES string of the molecule is Cc1ccc(S(=O)c2cc(C(=O)NCCOCCOCCOCCNC(=O)CCC(=O)NCCOCCOCCOCCNC(=O)c3cc(S(=O)c4ccc(C#N)cc4)c(C)n(-c4cccc(C(F)(F)F)c4)c3=O)c(=O)n(-c3cccc(C(F)(F)F)c3)c2C)cc1. The predicted octanol–water partition coefficient (Wildman–Crippen LogP) is 6.43. The van der Waals surface area contributed by atoms with Crippen molar-refractivity contribution >= 4 is 45.2 Å². The maximum absolute atomic E-state index is 13.8. The van der Waals surface area contributed by atoms with E-state index in [1.54, 1.807) is 24.3 Å². The Morgan fingerprint density at radius 2 is 0.802 bits per heavy atom. The number of nitrogens with zero attached hydrogens (tertiary/aromatic N) is 3. The molecule has 0 aliphatic heterocycles. The third-order valence-corrected chi connectivity index (χ3v) is 16.3. The van der Waals surface area contributed by atoms with Crippen LogP contribution < -0.4 is 32.4 Å². The summed E-state index contributed by atoms with van der Waals surface area (Å²) in [4.78, 5) is 79.3. The highest BCUT2D eigenvalue weighted by molar-refractivity contribution is 7.85. The molecule has 0 saturated carbocycles. The lowest BCUT2D eigenvalue weighted by Crippen LogP contribution is -2.35. The Balaban J connectivity index is 0.768. The van der Waals surface area contributed by atoms with Gasteiger partial charge in [-0.05, 0) is 106 Å². The standard InChI is InChI=1S/C62H67F6N7O14S2/c1-41-10-14-49(15-11-41)90(82)53-38-51(59(80)74(42(53)2)47-8-4-6-45(36-47)61(63,64)65)57(78)72-22-26-86-30-34-88-32-28-84-24-20-70-55(76)18-19-56(77)71-21-25-85-29-33-89-35-31-87-27-23-73-58(79)52-39-54(91(83)50-16-12-44(40-69)13-17-50)43(3)75(60(52)81)48-9-5-7-46(37-48)62(66,67)68/h4-17,36-39H,18-35H2,1-3H3,(H,70,76)(H,71,77)(H,72,78)(H,73,79). The fourth-order valence-corrected chi connectivity index (χ4v) is 11.0. The average molecular weight is 1310 g/mol. The highest BCUT2D eigenvalue weighted by atomic mass is 32.2. The molecule has 2 aromatic heterocycles. The second-order valence-corrected chi connectivity index (χ2v) is 22.7. The van der Waals surface area contributed by atoms with Gasteiger partial charge in [0.2, 0.25) is 11.8 Å². The number of carbonyl (C=O) groups excluding carboxylic acids is 4. The fourth-order valence-electron chi connectivity index (χ4n) is 8.57. The molecule has 0 fully saturated rings. The monoisotopic (exact) mass is 1310 g/mol. The molecular formula is C62H67F6N7O14S2. The number of hydrogen-bond acceptors (Lipinski definition) is 15. The van der Waals surface area contributed by atoms with Crippen molar-refractivity contribution in [2.45, 2.75) is 65.5 Å². The fraction of sp³-hybridized carbons (Fsp3) is 0.371. The minimum Gasteiger partial charge on any atom is -0.377 e. The molecule has 6 rings (SSSR count). The Morgan fingerprint density at radius 1 is 0.473 bits per heavy atom. The van der Waals surface area contributed by atoms with E-state index >= 15 is 0 Å². The van der Waals surface area contributed by atoms with E-state index in [1.165, 1.54) is 56.3 Å². The van der Waals surface area contributed by atoms with E-state index in [0.717, 1.165) is 57.2 Å². The van der Waals surface area contributed by atoms with Gasteiger partial charge in [0.15, 0.2) is 0 Å².